The monoisotopic (exact) mass is 311 g/mol. The maximum atomic E-state index is 12.5. The van der Waals surface area contributed by atoms with Crippen molar-refractivity contribution < 1.29 is 9.53 Å². The minimum Gasteiger partial charge on any atom is -0.481 e. The van der Waals surface area contributed by atoms with E-state index in [1.54, 1.807) is 6.92 Å². The molecular formula is C20H25NO2. The average molecular weight is 311 g/mol. The molecule has 2 aromatic carbocycles. The first-order valence-electron chi connectivity index (χ1n) is 7.90. The second-order valence-electron chi connectivity index (χ2n) is 6.29. The van der Waals surface area contributed by atoms with Gasteiger partial charge in [-0.05, 0) is 69.9 Å². The van der Waals surface area contributed by atoms with Crippen LogP contribution in [0.15, 0.2) is 30.3 Å². The second-order valence-corrected chi connectivity index (χ2v) is 6.29. The van der Waals surface area contributed by atoms with E-state index in [4.69, 9.17) is 4.74 Å². The molecule has 0 fully saturated rings. The van der Waals surface area contributed by atoms with Gasteiger partial charge < -0.3 is 10.1 Å². The van der Waals surface area contributed by atoms with E-state index < -0.39 is 6.10 Å². The van der Waals surface area contributed by atoms with Gasteiger partial charge in [0.25, 0.3) is 5.91 Å². The second kappa shape index (κ2) is 6.86. The van der Waals surface area contributed by atoms with Gasteiger partial charge in [0.05, 0.1) is 0 Å². The molecule has 1 atom stereocenters. The van der Waals surface area contributed by atoms with Crippen molar-refractivity contribution in [2.45, 2.75) is 47.6 Å². The molecule has 0 spiro atoms. The molecule has 0 saturated heterocycles. The van der Waals surface area contributed by atoms with Gasteiger partial charge in [-0.15, -0.1) is 0 Å². The zero-order valence-corrected chi connectivity index (χ0v) is 14.8. The van der Waals surface area contributed by atoms with E-state index in [0.717, 1.165) is 33.7 Å². The molecule has 3 nitrogen and oxygen atoms in total. The van der Waals surface area contributed by atoms with Gasteiger partial charge in [0, 0.05) is 5.69 Å². The van der Waals surface area contributed by atoms with Crippen LogP contribution in [0, 0.1) is 34.6 Å². The molecule has 2 rings (SSSR count). The minimum atomic E-state index is -0.560. The first kappa shape index (κ1) is 17.1. The highest BCUT2D eigenvalue weighted by atomic mass is 16.5. The average Bonchev–Trinajstić information content (AvgIpc) is 2.46. The predicted molar refractivity (Wildman–Crippen MR) is 95.3 cm³/mol. The highest BCUT2D eigenvalue weighted by Gasteiger charge is 2.17. The standard InChI is InChI=1S/C20H25NO2/c1-12-7-8-14(3)18(11-12)23-17(6)20(22)21-19-15(4)9-13(2)10-16(19)5/h7-11,17H,1-6H3,(H,21,22). The number of aryl methyl sites for hydroxylation is 5. The lowest BCUT2D eigenvalue weighted by Gasteiger charge is -2.19. The number of hydrogen-bond acceptors (Lipinski definition) is 2. The van der Waals surface area contributed by atoms with Crippen LogP contribution in [0.5, 0.6) is 5.75 Å². The van der Waals surface area contributed by atoms with Crippen LogP contribution < -0.4 is 10.1 Å². The number of amides is 1. The van der Waals surface area contributed by atoms with E-state index in [2.05, 4.69) is 24.4 Å². The van der Waals surface area contributed by atoms with Crippen molar-refractivity contribution in [3.05, 3.63) is 58.1 Å². The molecule has 1 unspecified atom stereocenters. The van der Waals surface area contributed by atoms with Crippen molar-refractivity contribution in [3.8, 4) is 5.75 Å². The Labute approximate surface area is 138 Å². The van der Waals surface area contributed by atoms with Gasteiger partial charge in [-0.1, -0.05) is 29.8 Å². The zero-order chi connectivity index (χ0) is 17.1. The van der Waals surface area contributed by atoms with Crippen LogP contribution in [0.4, 0.5) is 5.69 Å². The Morgan fingerprint density at radius 3 is 2.13 bits per heavy atom. The van der Waals surface area contributed by atoms with Crippen molar-refractivity contribution in [2.75, 3.05) is 5.32 Å². The summed E-state index contributed by atoms with van der Waals surface area (Å²) in [5.41, 5.74) is 6.33. The van der Waals surface area contributed by atoms with Gasteiger partial charge >= 0.3 is 0 Å². The van der Waals surface area contributed by atoms with Gasteiger partial charge in [-0.25, -0.2) is 0 Å². The van der Waals surface area contributed by atoms with Crippen LogP contribution in [-0.2, 0) is 4.79 Å². The summed E-state index contributed by atoms with van der Waals surface area (Å²) in [7, 11) is 0. The third-order valence-corrected chi connectivity index (χ3v) is 3.94. The predicted octanol–water partition coefficient (Wildman–Crippen LogP) is 4.63. The minimum absolute atomic E-state index is 0.138. The molecule has 1 amide bonds. The highest BCUT2D eigenvalue weighted by Crippen LogP contribution is 2.24. The molecular weight excluding hydrogens is 286 g/mol. The van der Waals surface area contributed by atoms with Crippen molar-refractivity contribution in [1.82, 2.24) is 0 Å². The first-order chi connectivity index (χ1) is 10.8. The van der Waals surface area contributed by atoms with Gasteiger partial charge in [-0.3, -0.25) is 4.79 Å². The molecule has 0 saturated carbocycles. The highest BCUT2D eigenvalue weighted by molar-refractivity contribution is 5.95. The summed E-state index contributed by atoms with van der Waals surface area (Å²) in [6.07, 6.45) is -0.560. The largest absolute Gasteiger partial charge is 0.481 e. The summed E-state index contributed by atoms with van der Waals surface area (Å²) in [5, 5.41) is 3.00. The number of anilines is 1. The summed E-state index contributed by atoms with van der Waals surface area (Å²) in [5.74, 6) is 0.617. The lowest BCUT2D eigenvalue weighted by molar-refractivity contribution is -0.122. The molecule has 23 heavy (non-hydrogen) atoms. The summed E-state index contributed by atoms with van der Waals surface area (Å²) in [6.45, 7) is 11.8. The molecule has 0 heterocycles. The molecule has 2 aromatic rings. The molecule has 0 aliphatic carbocycles. The van der Waals surface area contributed by atoms with Crippen molar-refractivity contribution in [2.24, 2.45) is 0 Å². The van der Waals surface area contributed by atoms with Crippen LogP contribution in [0.3, 0.4) is 0 Å². The Kier molecular flexibility index (Phi) is 5.09. The molecule has 0 bridgehead atoms. The lowest BCUT2D eigenvalue weighted by atomic mass is 10.0. The van der Waals surface area contributed by atoms with Crippen LogP contribution in [0.1, 0.15) is 34.7 Å². The van der Waals surface area contributed by atoms with Gasteiger partial charge in [-0.2, -0.15) is 0 Å². The lowest BCUT2D eigenvalue weighted by Crippen LogP contribution is -2.31. The molecule has 1 N–H and O–H groups in total. The van der Waals surface area contributed by atoms with Crippen molar-refractivity contribution in [1.29, 1.82) is 0 Å². The number of carbonyl (C=O) groups excluding carboxylic acids is 1. The third kappa shape index (κ3) is 4.13. The normalized spacial score (nSPS) is 11.9. The smallest absolute Gasteiger partial charge is 0.265 e. The Morgan fingerprint density at radius 2 is 1.52 bits per heavy atom. The Bertz CT molecular complexity index is 711. The number of ether oxygens (including phenoxy) is 1. The van der Waals surface area contributed by atoms with E-state index in [-0.39, 0.29) is 5.91 Å². The summed E-state index contributed by atoms with van der Waals surface area (Å²) >= 11 is 0. The van der Waals surface area contributed by atoms with Crippen molar-refractivity contribution >= 4 is 11.6 Å². The molecule has 3 heteroatoms. The quantitative estimate of drug-likeness (QED) is 0.893. The maximum Gasteiger partial charge on any atom is 0.265 e. The van der Waals surface area contributed by atoms with E-state index in [1.807, 2.05) is 45.9 Å². The van der Waals surface area contributed by atoms with E-state index in [9.17, 15) is 4.79 Å². The number of carbonyl (C=O) groups is 1. The van der Waals surface area contributed by atoms with Crippen LogP contribution in [-0.4, -0.2) is 12.0 Å². The molecule has 122 valence electrons. The number of hydrogen-bond donors (Lipinski definition) is 1. The zero-order valence-electron chi connectivity index (χ0n) is 14.8. The summed E-state index contributed by atoms with van der Waals surface area (Å²) in [4.78, 5) is 12.5. The van der Waals surface area contributed by atoms with Gasteiger partial charge in [0.2, 0.25) is 0 Å². The molecule has 0 aliphatic heterocycles. The fraction of sp³-hybridized carbons (Fsp3) is 0.350. The third-order valence-electron chi connectivity index (χ3n) is 3.94. The summed E-state index contributed by atoms with van der Waals surface area (Å²) in [6, 6.07) is 10.1. The summed E-state index contributed by atoms with van der Waals surface area (Å²) < 4.78 is 5.85. The fourth-order valence-corrected chi connectivity index (χ4v) is 2.68. The molecule has 0 aromatic heterocycles. The van der Waals surface area contributed by atoms with Gasteiger partial charge in [0.15, 0.2) is 6.10 Å². The Hall–Kier alpha value is -2.29. The van der Waals surface area contributed by atoms with Gasteiger partial charge in [0.1, 0.15) is 5.75 Å². The maximum absolute atomic E-state index is 12.5. The van der Waals surface area contributed by atoms with Crippen LogP contribution in [0.25, 0.3) is 0 Å². The fourth-order valence-electron chi connectivity index (χ4n) is 2.68. The van der Waals surface area contributed by atoms with E-state index in [0.29, 0.717) is 0 Å². The van der Waals surface area contributed by atoms with E-state index >= 15 is 0 Å². The molecule has 0 radical (unpaired) electrons. The van der Waals surface area contributed by atoms with Crippen molar-refractivity contribution in [3.63, 3.8) is 0 Å². The first-order valence-corrected chi connectivity index (χ1v) is 7.90. The number of nitrogens with one attached hydrogen (secondary N) is 1. The number of rotatable bonds is 4. The van der Waals surface area contributed by atoms with Crippen LogP contribution >= 0.6 is 0 Å². The Morgan fingerprint density at radius 1 is 0.913 bits per heavy atom. The Balaban J connectivity index is 2.13. The van der Waals surface area contributed by atoms with E-state index in [1.165, 1.54) is 5.56 Å². The molecule has 0 aliphatic rings. The topological polar surface area (TPSA) is 38.3 Å². The SMILES string of the molecule is Cc1cc(C)c(NC(=O)C(C)Oc2cc(C)ccc2C)c(C)c1. The number of benzene rings is 2. The van der Waals surface area contributed by atoms with Crippen LogP contribution in [0.2, 0.25) is 0 Å².